The summed E-state index contributed by atoms with van der Waals surface area (Å²) in [7, 11) is 0. The normalized spacial score (nSPS) is 12.1. The summed E-state index contributed by atoms with van der Waals surface area (Å²) in [5.74, 6) is -1.78. The van der Waals surface area contributed by atoms with Crippen molar-refractivity contribution in [3.8, 4) is 0 Å². The summed E-state index contributed by atoms with van der Waals surface area (Å²) in [6.45, 7) is 3.10. The first-order valence-electron chi connectivity index (χ1n) is 10.6. The Kier molecular flexibility index (Phi) is 17.3. The molecule has 0 fully saturated rings. The van der Waals surface area contributed by atoms with Gasteiger partial charge in [0.1, 0.15) is 6.10 Å². The zero-order valence-electron chi connectivity index (χ0n) is 17.6. The first kappa shape index (κ1) is 26.1. The topological polar surface area (TPSA) is 89.9 Å². The monoisotopic (exact) mass is 398 g/mol. The van der Waals surface area contributed by atoms with Gasteiger partial charge in [-0.3, -0.25) is 9.59 Å². The van der Waals surface area contributed by atoms with E-state index in [0.717, 1.165) is 57.8 Å². The minimum Gasteiger partial charge on any atom is -0.479 e. The number of aliphatic carboxylic acids is 1. The van der Waals surface area contributed by atoms with E-state index in [1.807, 2.05) is 0 Å². The van der Waals surface area contributed by atoms with E-state index in [9.17, 15) is 14.4 Å². The molecule has 0 aromatic carbocycles. The van der Waals surface area contributed by atoms with Crippen molar-refractivity contribution in [1.29, 1.82) is 0 Å². The Morgan fingerprint density at radius 3 is 2.29 bits per heavy atom. The van der Waals surface area contributed by atoms with Crippen LogP contribution in [0.2, 0.25) is 0 Å². The highest BCUT2D eigenvalue weighted by Crippen LogP contribution is 2.13. The van der Waals surface area contributed by atoms with Crippen LogP contribution < -0.4 is 0 Å². The second-order valence-corrected chi connectivity index (χ2v) is 7.15. The first-order chi connectivity index (χ1) is 13.5. The van der Waals surface area contributed by atoms with Gasteiger partial charge in [0, 0.05) is 19.8 Å². The predicted molar refractivity (Wildman–Crippen MR) is 109 cm³/mol. The highest BCUT2D eigenvalue weighted by atomic mass is 16.6. The average Bonchev–Trinajstić information content (AvgIpc) is 2.64. The molecule has 0 aromatic heterocycles. The Labute approximate surface area is 169 Å². The van der Waals surface area contributed by atoms with E-state index in [4.69, 9.17) is 9.84 Å². The molecule has 1 atom stereocenters. The molecule has 0 saturated carbocycles. The molecule has 1 unspecified atom stereocenters. The number of rotatable bonds is 18. The fourth-order valence-corrected chi connectivity index (χ4v) is 2.90. The van der Waals surface area contributed by atoms with Crippen molar-refractivity contribution < 1.29 is 29.0 Å². The maximum atomic E-state index is 11.2. The van der Waals surface area contributed by atoms with E-state index < -0.39 is 18.5 Å². The third-order valence-corrected chi connectivity index (χ3v) is 4.39. The summed E-state index contributed by atoms with van der Waals surface area (Å²) < 4.78 is 9.97. The number of carboxylic acids is 1. The highest BCUT2D eigenvalue weighted by Gasteiger charge is 2.09. The number of unbranched alkanes of at least 4 members (excludes halogenated alkanes) is 8. The molecule has 0 aliphatic rings. The standard InChI is InChI=1S/C22H38O6/c1-3-4-5-12-15-20(28-19(2)23)16-13-10-8-6-7-9-11-14-17-22(26)27-18-21(24)25/h10,13,20H,3-9,11-12,14-18H2,1-2H3,(H,24,25). The van der Waals surface area contributed by atoms with Gasteiger partial charge in [0.2, 0.25) is 0 Å². The Morgan fingerprint density at radius 1 is 0.929 bits per heavy atom. The van der Waals surface area contributed by atoms with Gasteiger partial charge in [-0.15, -0.1) is 0 Å². The van der Waals surface area contributed by atoms with Crippen molar-refractivity contribution in [2.24, 2.45) is 0 Å². The molecule has 28 heavy (non-hydrogen) atoms. The molecule has 162 valence electrons. The molecule has 0 aliphatic heterocycles. The molecule has 0 aliphatic carbocycles. The second-order valence-electron chi connectivity index (χ2n) is 7.15. The zero-order chi connectivity index (χ0) is 21.0. The predicted octanol–water partition coefficient (Wildman–Crippen LogP) is 5.19. The van der Waals surface area contributed by atoms with Gasteiger partial charge in [0.15, 0.2) is 6.61 Å². The van der Waals surface area contributed by atoms with Crippen molar-refractivity contribution >= 4 is 17.9 Å². The Bertz CT molecular complexity index is 458. The lowest BCUT2D eigenvalue weighted by molar-refractivity contribution is -0.155. The number of allylic oxidation sites excluding steroid dienone is 1. The molecule has 0 aromatic rings. The number of carboxylic acid groups (broad SMARTS) is 1. The van der Waals surface area contributed by atoms with E-state index in [1.165, 1.54) is 26.2 Å². The smallest absolute Gasteiger partial charge is 0.341 e. The van der Waals surface area contributed by atoms with Crippen LogP contribution in [-0.4, -0.2) is 35.7 Å². The summed E-state index contributed by atoms with van der Waals surface area (Å²) in [4.78, 5) is 32.7. The van der Waals surface area contributed by atoms with Crippen LogP contribution in [0.15, 0.2) is 12.2 Å². The SMILES string of the molecule is CCCCCCC(CC=CCCCCCCCC(=O)OCC(=O)O)OC(C)=O. The third-order valence-electron chi connectivity index (χ3n) is 4.39. The van der Waals surface area contributed by atoms with E-state index in [0.29, 0.717) is 0 Å². The lowest BCUT2D eigenvalue weighted by atomic mass is 10.1. The summed E-state index contributed by atoms with van der Waals surface area (Å²) in [6.07, 6.45) is 16.9. The molecule has 0 saturated heterocycles. The number of ether oxygens (including phenoxy) is 2. The van der Waals surface area contributed by atoms with E-state index in [1.54, 1.807) is 0 Å². The molecule has 6 heteroatoms. The number of hydrogen-bond donors (Lipinski definition) is 1. The van der Waals surface area contributed by atoms with Crippen molar-refractivity contribution in [2.75, 3.05) is 6.61 Å². The van der Waals surface area contributed by atoms with Gasteiger partial charge in [-0.1, -0.05) is 57.6 Å². The molecular weight excluding hydrogens is 360 g/mol. The van der Waals surface area contributed by atoms with Crippen LogP contribution in [0.3, 0.4) is 0 Å². The van der Waals surface area contributed by atoms with E-state index in [2.05, 4.69) is 23.8 Å². The fraction of sp³-hybridized carbons (Fsp3) is 0.773. The van der Waals surface area contributed by atoms with Crippen LogP contribution in [0.1, 0.15) is 97.3 Å². The molecule has 0 spiro atoms. The van der Waals surface area contributed by atoms with Crippen molar-refractivity contribution in [3.63, 3.8) is 0 Å². The number of esters is 2. The summed E-state index contributed by atoms with van der Waals surface area (Å²) in [6, 6.07) is 0. The Hall–Kier alpha value is -1.85. The quantitative estimate of drug-likeness (QED) is 0.194. The molecule has 0 rings (SSSR count). The maximum Gasteiger partial charge on any atom is 0.341 e. The summed E-state index contributed by atoms with van der Waals surface area (Å²) in [5.41, 5.74) is 0. The fourth-order valence-electron chi connectivity index (χ4n) is 2.90. The Balaban J connectivity index is 3.68. The second kappa shape index (κ2) is 18.5. The minimum absolute atomic E-state index is 0.00788. The lowest BCUT2D eigenvalue weighted by Gasteiger charge is -2.15. The van der Waals surface area contributed by atoms with Gasteiger partial charge in [0.25, 0.3) is 0 Å². The zero-order valence-corrected chi connectivity index (χ0v) is 17.6. The molecule has 1 N–H and O–H groups in total. The van der Waals surface area contributed by atoms with Crippen LogP contribution in [0.25, 0.3) is 0 Å². The van der Waals surface area contributed by atoms with Crippen LogP contribution in [0.4, 0.5) is 0 Å². The average molecular weight is 399 g/mol. The van der Waals surface area contributed by atoms with Crippen LogP contribution >= 0.6 is 0 Å². The number of carbonyl (C=O) groups excluding carboxylic acids is 2. The van der Waals surface area contributed by atoms with Crippen LogP contribution in [-0.2, 0) is 23.9 Å². The van der Waals surface area contributed by atoms with Gasteiger partial charge >= 0.3 is 17.9 Å². The van der Waals surface area contributed by atoms with Gasteiger partial charge in [-0.25, -0.2) is 4.79 Å². The van der Waals surface area contributed by atoms with Gasteiger partial charge in [0.05, 0.1) is 0 Å². The lowest BCUT2D eigenvalue weighted by Crippen LogP contribution is -2.15. The molecular formula is C22H38O6. The largest absolute Gasteiger partial charge is 0.479 e. The van der Waals surface area contributed by atoms with Crippen LogP contribution in [0, 0.1) is 0 Å². The molecule has 6 nitrogen and oxygen atoms in total. The van der Waals surface area contributed by atoms with E-state index in [-0.39, 0.29) is 18.5 Å². The van der Waals surface area contributed by atoms with Crippen molar-refractivity contribution in [3.05, 3.63) is 12.2 Å². The number of carbonyl (C=O) groups is 3. The van der Waals surface area contributed by atoms with Gasteiger partial charge < -0.3 is 14.6 Å². The minimum atomic E-state index is -1.13. The number of hydrogen-bond acceptors (Lipinski definition) is 5. The highest BCUT2D eigenvalue weighted by molar-refractivity contribution is 5.75. The van der Waals surface area contributed by atoms with Crippen molar-refractivity contribution in [2.45, 2.75) is 103 Å². The maximum absolute atomic E-state index is 11.2. The molecule has 0 bridgehead atoms. The van der Waals surface area contributed by atoms with E-state index >= 15 is 0 Å². The molecule has 0 heterocycles. The molecule has 0 radical (unpaired) electrons. The summed E-state index contributed by atoms with van der Waals surface area (Å²) >= 11 is 0. The van der Waals surface area contributed by atoms with Gasteiger partial charge in [-0.05, 0) is 32.1 Å². The summed E-state index contributed by atoms with van der Waals surface area (Å²) in [5, 5.41) is 8.41. The van der Waals surface area contributed by atoms with Gasteiger partial charge in [-0.2, -0.15) is 0 Å². The first-order valence-corrected chi connectivity index (χ1v) is 10.6. The van der Waals surface area contributed by atoms with Crippen LogP contribution in [0.5, 0.6) is 0 Å². The van der Waals surface area contributed by atoms with Crippen molar-refractivity contribution in [1.82, 2.24) is 0 Å². The Morgan fingerprint density at radius 2 is 1.61 bits per heavy atom. The molecule has 0 amide bonds. The third kappa shape index (κ3) is 18.9.